The molecule has 0 saturated carbocycles. The third-order valence-corrected chi connectivity index (χ3v) is 5.70. The summed E-state index contributed by atoms with van der Waals surface area (Å²) in [4.78, 5) is 13.9. The Morgan fingerprint density at radius 1 is 0.786 bits per heavy atom. The molecule has 1 aliphatic carbocycles. The summed E-state index contributed by atoms with van der Waals surface area (Å²) in [6.45, 7) is 3.24. The standard InChI is InChI=1S/C26H26O2/c1-2-3-11-18-28-19-26(25(27)20-12-5-4-6-13-20)23-16-9-7-14-21(23)22-15-8-10-17-24(22)26/h4-10,12-17H,2-3,11,18-19H2,1H3. The average Bonchev–Trinajstić information content (AvgIpc) is 3.05. The van der Waals surface area contributed by atoms with Gasteiger partial charge in [0.1, 0.15) is 5.41 Å². The Balaban J connectivity index is 1.83. The highest BCUT2D eigenvalue weighted by Gasteiger charge is 2.49. The molecule has 0 aromatic heterocycles. The van der Waals surface area contributed by atoms with Crippen molar-refractivity contribution in [3.63, 3.8) is 0 Å². The minimum atomic E-state index is -0.791. The number of benzene rings is 3. The van der Waals surface area contributed by atoms with E-state index in [4.69, 9.17) is 4.74 Å². The topological polar surface area (TPSA) is 26.3 Å². The number of carbonyl (C=O) groups excluding carboxylic acids is 1. The second-order valence-corrected chi connectivity index (χ2v) is 7.45. The van der Waals surface area contributed by atoms with Gasteiger partial charge >= 0.3 is 0 Å². The molecule has 0 bridgehead atoms. The first-order chi connectivity index (χ1) is 13.8. The van der Waals surface area contributed by atoms with E-state index in [0.717, 1.165) is 47.1 Å². The van der Waals surface area contributed by atoms with Crippen LogP contribution in [0.5, 0.6) is 0 Å². The normalized spacial score (nSPS) is 13.8. The summed E-state index contributed by atoms with van der Waals surface area (Å²) in [6, 6.07) is 26.2. The lowest BCUT2D eigenvalue weighted by atomic mass is 9.73. The van der Waals surface area contributed by atoms with E-state index in [1.54, 1.807) is 0 Å². The van der Waals surface area contributed by atoms with Crippen LogP contribution in [-0.2, 0) is 10.2 Å². The Morgan fingerprint density at radius 3 is 1.96 bits per heavy atom. The summed E-state index contributed by atoms with van der Waals surface area (Å²) < 4.78 is 6.16. The van der Waals surface area contributed by atoms with Crippen molar-refractivity contribution in [1.29, 1.82) is 0 Å². The van der Waals surface area contributed by atoms with E-state index in [9.17, 15) is 4.79 Å². The van der Waals surface area contributed by atoms with Crippen LogP contribution >= 0.6 is 0 Å². The van der Waals surface area contributed by atoms with Crippen molar-refractivity contribution >= 4 is 5.78 Å². The maximum absolute atomic E-state index is 13.9. The van der Waals surface area contributed by atoms with E-state index in [-0.39, 0.29) is 5.78 Å². The molecule has 0 atom stereocenters. The van der Waals surface area contributed by atoms with Gasteiger partial charge in [0.2, 0.25) is 0 Å². The lowest BCUT2D eigenvalue weighted by molar-refractivity contribution is 0.0679. The molecule has 3 aromatic rings. The van der Waals surface area contributed by atoms with E-state index in [1.807, 2.05) is 54.6 Å². The van der Waals surface area contributed by atoms with Crippen molar-refractivity contribution < 1.29 is 9.53 Å². The van der Waals surface area contributed by atoms with Gasteiger partial charge in [-0.15, -0.1) is 0 Å². The minimum Gasteiger partial charge on any atom is -0.380 e. The van der Waals surface area contributed by atoms with Gasteiger partial charge in [-0.05, 0) is 28.7 Å². The largest absolute Gasteiger partial charge is 0.380 e. The molecule has 0 N–H and O–H groups in total. The number of unbranched alkanes of at least 4 members (excludes halogenated alkanes) is 2. The summed E-state index contributed by atoms with van der Waals surface area (Å²) in [7, 11) is 0. The predicted octanol–water partition coefficient (Wildman–Crippen LogP) is 6.04. The fourth-order valence-electron chi connectivity index (χ4n) is 4.31. The van der Waals surface area contributed by atoms with Crippen LogP contribution in [0.4, 0.5) is 0 Å². The van der Waals surface area contributed by atoms with Crippen molar-refractivity contribution in [2.24, 2.45) is 0 Å². The Bertz CT molecular complexity index is 913. The molecule has 2 heteroatoms. The van der Waals surface area contributed by atoms with Crippen LogP contribution in [0, 0.1) is 0 Å². The van der Waals surface area contributed by atoms with Gasteiger partial charge in [-0.1, -0.05) is 98.6 Å². The van der Waals surface area contributed by atoms with E-state index in [1.165, 1.54) is 0 Å². The lowest BCUT2D eigenvalue weighted by Gasteiger charge is -2.30. The molecular weight excluding hydrogens is 344 g/mol. The van der Waals surface area contributed by atoms with Gasteiger partial charge in [0.15, 0.2) is 5.78 Å². The molecule has 0 heterocycles. The number of carbonyl (C=O) groups is 1. The first-order valence-electron chi connectivity index (χ1n) is 10.2. The summed E-state index contributed by atoms with van der Waals surface area (Å²) >= 11 is 0. The first kappa shape index (κ1) is 18.6. The smallest absolute Gasteiger partial charge is 0.180 e. The van der Waals surface area contributed by atoms with Gasteiger partial charge < -0.3 is 4.74 Å². The molecule has 0 fully saturated rings. The Kier molecular flexibility index (Phi) is 5.40. The first-order valence-corrected chi connectivity index (χ1v) is 10.2. The van der Waals surface area contributed by atoms with Crippen molar-refractivity contribution in [1.82, 2.24) is 0 Å². The highest BCUT2D eigenvalue weighted by Crippen LogP contribution is 2.50. The van der Waals surface area contributed by atoms with Gasteiger partial charge in [-0.25, -0.2) is 0 Å². The summed E-state index contributed by atoms with van der Waals surface area (Å²) in [6.07, 6.45) is 3.32. The SMILES string of the molecule is CCCCCOCC1(C(=O)c2ccccc2)c2ccccc2-c2ccccc21. The molecule has 142 valence electrons. The molecule has 4 rings (SSSR count). The van der Waals surface area contributed by atoms with Gasteiger partial charge in [0, 0.05) is 12.2 Å². The van der Waals surface area contributed by atoms with Crippen LogP contribution in [0.15, 0.2) is 78.9 Å². The van der Waals surface area contributed by atoms with E-state index in [2.05, 4.69) is 31.2 Å². The molecule has 0 saturated heterocycles. The van der Waals surface area contributed by atoms with Gasteiger partial charge in [-0.3, -0.25) is 4.79 Å². The molecule has 28 heavy (non-hydrogen) atoms. The fourth-order valence-corrected chi connectivity index (χ4v) is 4.31. The molecular formula is C26H26O2. The predicted molar refractivity (Wildman–Crippen MR) is 114 cm³/mol. The zero-order chi connectivity index (χ0) is 19.4. The van der Waals surface area contributed by atoms with Gasteiger partial charge in [0.05, 0.1) is 6.61 Å². The minimum absolute atomic E-state index is 0.112. The molecule has 1 aliphatic rings. The average molecular weight is 370 g/mol. The molecule has 0 spiro atoms. The van der Waals surface area contributed by atoms with Gasteiger partial charge in [0.25, 0.3) is 0 Å². The number of ether oxygens (including phenoxy) is 1. The molecule has 0 amide bonds. The van der Waals surface area contributed by atoms with Crippen molar-refractivity contribution in [2.45, 2.75) is 31.6 Å². The van der Waals surface area contributed by atoms with Crippen LogP contribution in [0.2, 0.25) is 0 Å². The summed E-state index contributed by atoms with van der Waals surface area (Å²) in [5.41, 5.74) is 4.33. The Hall–Kier alpha value is -2.71. The number of fused-ring (bicyclic) bond motifs is 3. The third-order valence-electron chi connectivity index (χ3n) is 5.70. The Labute approximate surface area is 167 Å². The quantitative estimate of drug-likeness (QED) is 0.357. The highest BCUT2D eigenvalue weighted by atomic mass is 16.5. The monoisotopic (exact) mass is 370 g/mol. The molecule has 3 aromatic carbocycles. The second kappa shape index (κ2) is 8.12. The number of ketones is 1. The van der Waals surface area contributed by atoms with E-state index < -0.39 is 5.41 Å². The molecule has 0 radical (unpaired) electrons. The van der Waals surface area contributed by atoms with Crippen LogP contribution < -0.4 is 0 Å². The van der Waals surface area contributed by atoms with Crippen LogP contribution in [0.25, 0.3) is 11.1 Å². The van der Waals surface area contributed by atoms with Crippen molar-refractivity contribution in [2.75, 3.05) is 13.2 Å². The van der Waals surface area contributed by atoms with Crippen LogP contribution in [0.3, 0.4) is 0 Å². The second-order valence-electron chi connectivity index (χ2n) is 7.45. The third kappa shape index (κ3) is 3.08. The summed E-state index contributed by atoms with van der Waals surface area (Å²) in [5, 5.41) is 0. The zero-order valence-corrected chi connectivity index (χ0v) is 16.4. The number of hydrogen-bond donors (Lipinski definition) is 0. The van der Waals surface area contributed by atoms with Crippen LogP contribution in [-0.4, -0.2) is 19.0 Å². The number of rotatable bonds is 8. The fraction of sp³-hybridized carbons (Fsp3) is 0.269. The van der Waals surface area contributed by atoms with Gasteiger partial charge in [-0.2, -0.15) is 0 Å². The van der Waals surface area contributed by atoms with E-state index in [0.29, 0.717) is 13.2 Å². The van der Waals surface area contributed by atoms with Crippen molar-refractivity contribution in [3.05, 3.63) is 95.6 Å². The molecule has 0 unspecified atom stereocenters. The maximum atomic E-state index is 13.9. The number of hydrogen-bond acceptors (Lipinski definition) is 2. The summed E-state index contributed by atoms with van der Waals surface area (Å²) in [5.74, 6) is 0.112. The highest BCUT2D eigenvalue weighted by molar-refractivity contribution is 6.10. The van der Waals surface area contributed by atoms with E-state index >= 15 is 0 Å². The molecule has 0 aliphatic heterocycles. The molecule has 2 nitrogen and oxygen atoms in total. The number of Topliss-reactive ketones (excluding diaryl/α,β-unsaturated/α-hetero) is 1. The van der Waals surface area contributed by atoms with Crippen LogP contribution in [0.1, 0.15) is 47.7 Å². The van der Waals surface area contributed by atoms with Crippen molar-refractivity contribution in [3.8, 4) is 11.1 Å². The maximum Gasteiger partial charge on any atom is 0.180 e. The zero-order valence-electron chi connectivity index (χ0n) is 16.4. The Morgan fingerprint density at radius 2 is 1.36 bits per heavy atom. The lowest BCUT2D eigenvalue weighted by Crippen LogP contribution is -2.40.